The molecule has 0 saturated carbocycles. The minimum absolute atomic E-state index is 0.199. The average molecular weight is 574 g/mol. The van der Waals surface area contributed by atoms with Gasteiger partial charge in [0, 0.05) is 5.56 Å². The van der Waals surface area contributed by atoms with Gasteiger partial charge >= 0.3 is 5.97 Å². The predicted octanol–water partition coefficient (Wildman–Crippen LogP) is 8.99. The summed E-state index contributed by atoms with van der Waals surface area (Å²) < 4.78 is 16.6. The van der Waals surface area contributed by atoms with Crippen LogP contribution in [0.25, 0.3) is 0 Å². The van der Waals surface area contributed by atoms with Gasteiger partial charge in [-0.1, -0.05) is 67.5 Å². The van der Waals surface area contributed by atoms with Gasteiger partial charge in [0.25, 0.3) is 0 Å². The van der Waals surface area contributed by atoms with E-state index in [4.69, 9.17) is 30.9 Å². The lowest BCUT2D eigenvalue weighted by molar-refractivity contribution is -0.139. The molecule has 0 heterocycles. The molecule has 0 saturated heterocycles. The van der Waals surface area contributed by atoms with Crippen molar-refractivity contribution in [1.82, 2.24) is 0 Å². The molecule has 0 bridgehead atoms. The van der Waals surface area contributed by atoms with E-state index in [1.54, 1.807) is 25.1 Å². The van der Waals surface area contributed by atoms with Crippen LogP contribution in [0, 0.1) is 12.3 Å². The Labute approximate surface area is 247 Å². The van der Waals surface area contributed by atoms with Gasteiger partial charge in [-0.15, -0.1) is 12.3 Å². The van der Waals surface area contributed by atoms with Crippen LogP contribution in [-0.4, -0.2) is 37.6 Å². The SMILES string of the molecule is C#CC.C/C=C\CCOC/C=C(\C=C/C)OCc1cccc(Cl)c1OCC(=O)O.C=NC(/C=C\C)=C(C)C.CC. The quantitative estimate of drug-likeness (QED) is 0.0600. The molecule has 0 aliphatic rings. The van der Waals surface area contributed by atoms with E-state index in [9.17, 15) is 4.79 Å². The Morgan fingerprint density at radius 1 is 1.15 bits per heavy atom. The number of allylic oxidation sites excluding steroid dienone is 6. The first-order valence-electron chi connectivity index (χ1n) is 13.1. The number of hydrogen-bond donors (Lipinski definition) is 1. The Bertz CT molecular complexity index is 1010. The van der Waals surface area contributed by atoms with E-state index >= 15 is 0 Å². The third-order valence-electron chi connectivity index (χ3n) is 4.19. The summed E-state index contributed by atoms with van der Waals surface area (Å²) in [6, 6.07) is 5.19. The number of halogens is 1. The summed E-state index contributed by atoms with van der Waals surface area (Å²) >= 11 is 6.11. The topological polar surface area (TPSA) is 77.4 Å². The molecule has 0 aromatic heterocycles. The van der Waals surface area contributed by atoms with Gasteiger partial charge in [-0.25, -0.2) is 4.79 Å². The number of carbonyl (C=O) groups is 1. The minimum atomic E-state index is -1.07. The summed E-state index contributed by atoms with van der Waals surface area (Å²) in [4.78, 5) is 14.5. The molecule has 0 atom stereocenters. The summed E-state index contributed by atoms with van der Waals surface area (Å²) in [6.45, 7) is 19.8. The first-order valence-corrected chi connectivity index (χ1v) is 13.5. The highest BCUT2D eigenvalue weighted by Gasteiger charge is 2.11. The van der Waals surface area contributed by atoms with Gasteiger partial charge in [0.05, 0.1) is 23.9 Å². The lowest BCUT2D eigenvalue weighted by Gasteiger charge is -2.13. The van der Waals surface area contributed by atoms with Crippen LogP contribution >= 0.6 is 11.6 Å². The van der Waals surface area contributed by atoms with E-state index in [1.165, 1.54) is 5.57 Å². The monoisotopic (exact) mass is 573 g/mol. The largest absolute Gasteiger partial charge is 0.489 e. The van der Waals surface area contributed by atoms with Gasteiger partial charge < -0.3 is 19.3 Å². The number of carboxylic acid groups (broad SMARTS) is 1. The smallest absolute Gasteiger partial charge is 0.341 e. The van der Waals surface area contributed by atoms with Crippen molar-refractivity contribution in [2.75, 3.05) is 19.8 Å². The van der Waals surface area contributed by atoms with Gasteiger partial charge in [-0.05, 0) is 79.0 Å². The molecule has 1 aromatic carbocycles. The van der Waals surface area contributed by atoms with Crippen molar-refractivity contribution in [2.45, 2.75) is 68.4 Å². The van der Waals surface area contributed by atoms with E-state index in [-0.39, 0.29) is 6.61 Å². The van der Waals surface area contributed by atoms with Crippen LogP contribution in [0.5, 0.6) is 5.75 Å². The number of carboxylic acids is 1. The maximum absolute atomic E-state index is 10.7. The Hall–Kier alpha value is -3.53. The van der Waals surface area contributed by atoms with Crippen LogP contribution in [-0.2, 0) is 20.9 Å². The van der Waals surface area contributed by atoms with E-state index in [2.05, 4.69) is 24.1 Å². The molecule has 7 heteroatoms. The molecular weight excluding hydrogens is 526 g/mol. The zero-order chi connectivity index (χ0) is 31.2. The third-order valence-corrected chi connectivity index (χ3v) is 4.49. The summed E-state index contributed by atoms with van der Waals surface area (Å²) in [5.41, 5.74) is 2.84. The standard InChI is InChI=1S/C20H25ClO5.C8H13N.C3H4.C2H6/c1-3-5-6-12-24-13-11-17(8-4-2)25-14-16-9-7-10-18(21)20(16)26-15-19(22)23;1-5-6-8(9-4)7(2)3;1-3-2;1-2/h3-5,7-11H,6,12-15H2,1-2H3,(H,22,23);5-6H,4H2,1-3H3;1H,2H3;1-2H3/b5-3-,8-4-,17-11+;6-5-;;. The molecule has 0 spiro atoms. The van der Waals surface area contributed by atoms with Crippen molar-refractivity contribution in [3.8, 4) is 18.1 Å². The van der Waals surface area contributed by atoms with Crippen LogP contribution < -0.4 is 4.74 Å². The summed E-state index contributed by atoms with van der Waals surface area (Å²) in [5.74, 6) is 2.16. The maximum atomic E-state index is 10.7. The van der Waals surface area contributed by atoms with Crippen molar-refractivity contribution < 1.29 is 24.1 Å². The van der Waals surface area contributed by atoms with E-state index in [0.717, 1.165) is 12.1 Å². The summed E-state index contributed by atoms with van der Waals surface area (Å²) in [7, 11) is 0. The van der Waals surface area contributed by atoms with Crippen LogP contribution in [0.1, 0.15) is 67.4 Å². The highest BCUT2D eigenvalue weighted by atomic mass is 35.5. The number of terminal acetylenes is 1. The number of benzene rings is 1. The Morgan fingerprint density at radius 3 is 2.25 bits per heavy atom. The van der Waals surface area contributed by atoms with E-state index < -0.39 is 12.6 Å². The Morgan fingerprint density at radius 2 is 1.77 bits per heavy atom. The van der Waals surface area contributed by atoms with Crippen molar-refractivity contribution >= 4 is 24.3 Å². The van der Waals surface area contributed by atoms with E-state index in [1.807, 2.05) is 91.0 Å². The normalized spacial score (nSPS) is 10.3. The molecule has 0 radical (unpaired) electrons. The second kappa shape index (κ2) is 30.0. The summed E-state index contributed by atoms with van der Waals surface area (Å²) in [5, 5.41) is 9.13. The molecule has 40 heavy (non-hydrogen) atoms. The fourth-order valence-electron chi connectivity index (χ4n) is 2.54. The van der Waals surface area contributed by atoms with Gasteiger partial charge in [0.2, 0.25) is 0 Å². The van der Waals surface area contributed by atoms with Crippen LogP contribution in [0.2, 0.25) is 5.02 Å². The van der Waals surface area contributed by atoms with Gasteiger partial charge in [0.1, 0.15) is 18.1 Å². The second-order valence-electron chi connectivity index (χ2n) is 7.57. The number of aliphatic imine (C=N–C) groups is 1. The van der Waals surface area contributed by atoms with Crippen molar-refractivity contribution in [3.63, 3.8) is 0 Å². The van der Waals surface area contributed by atoms with Gasteiger partial charge in [-0.2, -0.15) is 0 Å². The molecule has 0 aliphatic carbocycles. The van der Waals surface area contributed by atoms with Crippen molar-refractivity contribution in [1.29, 1.82) is 0 Å². The molecule has 6 nitrogen and oxygen atoms in total. The van der Waals surface area contributed by atoms with Crippen molar-refractivity contribution in [2.24, 2.45) is 4.99 Å². The fraction of sp³-hybridized carbons (Fsp3) is 0.394. The lowest BCUT2D eigenvalue weighted by Crippen LogP contribution is -2.11. The van der Waals surface area contributed by atoms with Crippen LogP contribution in [0.15, 0.2) is 82.8 Å². The molecule has 0 aliphatic heterocycles. The maximum Gasteiger partial charge on any atom is 0.341 e. The molecule has 1 aromatic rings. The zero-order valence-corrected chi connectivity index (χ0v) is 26.3. The average Bonchev–Trinajstić information content (AvgIpc) is 2.93. The number of hydrogen-bond acceptors (Lipinski definition) is 5. The zero-order valence-electron chi connectivity index (χ0n) is 25.5. The number of rotatable bonds is 14. The van der Waals surface area contributed by atoms with Crippen molar-refractivity contribution in [3.05, 3.63) is 88.3 Å². The van der Waals surface area contributed by atoms with E-state index in [0.29, 0.717) is 35.3 Å². The molecular formula is C33H48ClNO5. The van der Waals surface area contributed by atoms with Crippen LogP contribution in [0.3, 0.4) is 0 Å². The molecule has 0 amide bonds. The van der Waals surface area contributed by atoms with Crippen LogP contribution in [0.4, 0.5) is 0 Å². The second-order valence-corrected chi connectivity index (χ2v) is 7.98. The Kier molecular flexibility index (Phi) is 30.7. The van der Waals surface area contributed by atoms with Gasteiger partial charge in [-0.3, -0.25) is 4.99 Å². The first kappa shape index (κ1) is 41.0. The first-order chi connectivity index (χ1) is 19.2. The lowest BCUT2D eigenvalue weighted by atomic mass is 10.2. The molecule has 1 N–H and O–H groups in total. The Balaban J connectivity index is -0.000000812. The fourth-order valence-corrected chi connectivity index (χ4v) is 2.79. The number of nitrogens with zero attached hydrogens (tertiary/aromatic N) is 1. The third kappa shape index (κ3) is 23.6. The predicted molar refractivity (Wildman–Crippen MR) is 171 cm³/mol. The number of aliphatic carboxylic acids is 1. The number of ether oxygens (including phenoxy) is 3. The molecule has 0 unspecified atom stereocenters. The highest BCUT2D eigenvalue weighted by Crippen LogP contribution is 2.29. The van der Waals surface area contributed by atoms with Gasteiger partial charge in [0.15, 0.2) is 6.61 Å². The minimum Gasteiger partial charge on any atom is -0.489 e. The molecule has 0 fully saturated rings. The highest BCUT2D eigenvalue weighted by molar-refractivity contribution is 6.32. The molecule has 1 rings (SSSR count). The molecule has 222 valence electrons. The number of para-hydroxylation sites is 1. The summed E-state index contributed by atoms with van der Waals surface area (Å²) in [6.07, 6.45) is 18.9.